The fraction of sp³-hybridized carbons (Fsp3) is 0.462. The molecule has 0 heterocycles. The molecule has 1 rings (SSSR count). The van der Waals surface area contributed by atoms with Crippen molar-refractivity contribution in [2.75, 3.05) is 5.32 Å². The summed E-state index contributed by atoms with van der Waals surface area (Å²) in [4.78, 5) is 11.7. The van der Waals surface area contributed by atoms with Crippen molar-refractivity contribution in [1.82, 2.24) is 0 Å². The second kappa shape index (κ2) is 6.03. The number of carbonyl (C=O) groups excluding carboxylic acids is 1. The fourth-order valence-electron chi connectivity index (χ4n) is 1.37. The molecule has 0 fully saturated rings. The number of carbonyl (C=O) groups is 1. The van der Waals surface area contributed by atoms with E-state index in [1.165, 1.54) is 0 Å². The molecule has 0 aliphatic heterocycles. The first-order valence-electron chi connectivity index (χ1n) is 5.65. The molecule has 94 valence electrons. The van der Waals surface area contributed by atoms with Gasteiger partial charge in [0.1, 0.15) is 0 Å². The van der Waals surface area contributed by atoms with Crippen LogP contribution in [-0.4, -0.2) is 17.1 Å². The van der Waals surface area contributed by atoms with E-state index in [1.54, 1.807) is 6.07 Å². The van der Waals surface area contributed by atoms with Crippen LogP contribution >= 0.6 is 11.6 Å². The third-order valence-electron chi connectivity index (χ3n) is 2.63. The molecule has 0 bridgehead atoms. The van der Waals surface area contributed by atoms with Crippen LogP contribution in [0.3, 0.4) is 0 Å². The quantitative estimate of drug-likeness (QED) is 0.869. The lowest BCUT2D eigenvalue weighted by Gasteiger charge is -2.14. The Morgan fingerprint density at radius 3 is 2.71 bits per heavy atom. The monoisotopic (exact) mass is 255 g/mol. The van der Waals surface area contributed by atoms with Crippen LogP contribution in [0.2, 0.25) is 5.02 Å². The minimum atomic E-state index is -0.626. The number of hydrogen-bond donors (Lipinski definition) is 2. The van der Waals surface area contributed by atoms with Crippen molar-refractivity contribution in [2.24, 2.45) is 5.92 Å². The van der Waals surface area contributed by atoms with Gasteiger partial charge in [0.25, 0.3) is 0 Å². The van der Waals surface area contributed by atoms with Crippen molar-refractivity contribution >= 4 is 23.2 Å². The van der Waals surface area contributed by atoms with E-state index in [-0.39, 0.29) is 18.2 Å². The molecule has 0 aromatic heterocycles. The second-order valence-corrected chi connectivity index (χ2v) is 4.88. The molecule has 0 radical (unpaired) electrons. The molecule has 4 heteroatoms. The summed E-state index contributed by atoms with van der Waals surface area (Å²) in [7, 11) is 0. The molecule has 0 spiro atoms. The summed E-state index contributed by atoms with van der Waals surface area (Å²) < 4.78 is 0. The predicted molar refractivity (Wildman–Crippen MR) is 70.3 cm³/mol. The van der Waals surface area contributed by atoms with Gasteiger partial charge in [-0.2, -0.15) is 0 Å². The van der Waals surface area contributed by atoms with Crippen molar-refractivity contribution < 1.29 is 9.90 Å². The SMILES string of the molecule is Cc1cccc(NC(=O)CC(O)C(C)C)c1Cl. The Kier molecular flexibility index (Phi) is 4.97. The van der Waals surface area contributed by atoms with Crippen LogP contribution < -0.4 is 5.32 Å². The Morgan fingerprint density at radius 2 is 2.12 bits per heavy atom. The van der Waals surface area contributed by atoms with Crippen molar-refractivity contribution in [1.29, 1.82) is 0 Å². The third kappa shape index (κ3) is 4.02. The van der Waals surface area contributed by atoms with Gasteiger partial charge < -0.3 is 10.4 Å². The Bertz CT molecular complexity index is 404. The number of nitrogens with one attached hydrogen (secondary N) is 1. The molecule has 1 aromatic rings. The number of halogens is 1. The molecule has 1 amide bonds. The van der Waals surface area contributed by atoms with Gasteiger partial charge in [-0.1, -0.05) is 37.6 Å². The lowest BCUT2D eigenvalue weighted by atomic mass is 10.0. The molecular formula is C13H18ClNO2. The van der Waals surface area contributed by atoms with Crippen LogP contribution in [0.4, 0.5) is 5.69 Å². The van der Waals surface area contributed by atoms with E-state index in [0.29, 0.717) is 10.7 Å². The summed E-state index contributed by atoms with van der Waals surface area (Å²) in [5.41, 5.74) is 1.50. The number of rotatable bonds is 4. The van der Waals surface area contributed by atoms with Crippen LogP contribution in [0.5, 0.6) is 0 Å². The molecule has 17 heavy (non-hydrogen) atoms. The number of aliphatic hydroxyl groups is 1. The number of amides is 1. The molecule has 0 aliphatic rings. The lowest BCUT2D eigenvalue weighted by molar-refractivity contribution is -0.118. The van der Waals surface area contributed by atoms with Gasteiger partial charge in [-0.05, 0) is 24.5 Å². The lowest BCUT2D eigenvalue weighted by Crippen LogP contribution is -2.23. The molecule has 1 atom stereocenters. The summed E-state index contributed by atoms with van der Waals surface area (Å²) >= 11 is 6.06. The Hall–Kier alpha value is -1.06. The number of hydrogen-bond acceptors (Lipinski definition) is 2. The maximum Gasteiger partial charge on any atom is 0.227 e. The maximum atomic E-state index is 11.7. The Labute approximate surface area is 107 Å². The summed E-state index contributed by atoms with van der Waals surface area (Å²) in [6.07, 6.45) is -0.541. The average molecular weight is 256 g/mol. The molecular weight excluding hydrogens is 238 g/mol. The van der Waals surface area contributed by atoms with Gasteiger partial charge in [0.2, 0.25) is 5.91 Å². The zero-order valence-corrected chi connectivity index (χ0v) is 11.1. The van der Waals surface area contributed by atoms with E-state index in [1.807, 2.05) is 32.9 Å². The first-order chi connectivity index (χ1) is 7.91. The standard InChI is InChI=1S/C13H18ClNO2/c1-8(2)11(16)7-12(17)15-10-6-4-5-9(3)13(10)14/h4-6,8,11,16H,7H2,1-3H3,(H,15,17). The van der Waals surface area contributed by atoms with E-state index >= 15 is 0 Å². The van der Waals surface area contributed by atoms with Crippen LogP contribution in [0, 0.1) is 12.8 Å². The van der Waals surface area contributed by atoms with Gasteiger partial charge in [-0.3, -0.25) is 4.79 Å². The van der Waals surface area contributed by atoms with E-state index in [9.17, 15) is 9.90 Å². The number of aryl methyl sites for hydroxylation is 1. The highest BCUT2D eigenvalue weighted by atomic mass is 35.5. The summed E-state index contributed by atoms with van der Waals surface area (Å²) in [5, 5.41) is 12.9. The highest BCUT2D eigenvalue weighted by Crippen LogP contribution is 2.25. The van der Waals surface area contributed by atoms with Crippen molar-refractivity contribution in [3.63, 3.8) is 0 Å². The predicted octanol–water partition coefficient (Wildman–Crippen LogP) is 2.99. The zero-order chi connectivity index (χ0) is 13.0. The molecule has 0 saturated heterocycles. The van der Waals surface area contributed by atoms with E-state index < -0.39 is 6.10 Å². The van der Waals surface area contributed by atoms with Gasteiger partial charge in [0.15, 0.2) is 0 Å². The normalized spacial score (nSPS) is 12.6. The van der Waals surface area contributed by atoms with Crippen LogP contribution in [-0.2, 0) is 4.79 Å². The van der Waals surface area contributed by atoms with Gasteiger partial charge in [0.05, 0.1) is 23.2 Å². The zero-order valence-electron chi connectivity index (χ0n) is 10.3. The van der Waals surface area contributed by atoms with Crippen LogP contribution in [0.1, 0.15) is 25.8 Å². The molecule has 3 nitrogen and oxygen atoms in total. The van der Waals surface area contributed by atoms with Gasteiger partial charge in [-0.25, -0.2) is 0 Å². The molecule has 0 aliphatic carbocycles. The van der Waals surface area contributed by atoms with E-state index in [2.05, 4.69) is 5.32 Å². The van der Waals surface area contributed by atoms with Gasteiger partial charge in [0, 0.05) is 0 Å². The second-order valence-electron chi connectivity index (χ2n) is 4.50. The number of benzene rings is 1. The summed E-state index contributed by atoms with van der Waals surface area (Å²) in [6.45, 7) is 5.62. The summed E-state index contributed by atoms with van der Waals surface area (Å²) in [6, 6.07) is 5.45. The first kappa shape index (κ1) is 14.0. The smallest absolute Gasteiger partial charge is 0.227 e. The van der Waals surface area contributed by atoms with Gasteiger partial charge in [-0.15, -0.1) is 0 Å². The van der Waals surface area contributed by atoms with Crippen LogP contribution in [0.25, 0.3) is 0 Å². The average Bonchev–Trinajstić information content (AvgIpc) is 2.24. The van der Waals surface area contributed by atoms with Crippen molar-refractivity contribution in [3.05, 3.63) is 28.8 Å². The summed E-state index contributed by atoms with van der Waals surface area (Å²) in [5.74, 6) is -0.160. The van der Waals surface area contributed by atoms with Crippen molar-refractivity contribution in [2.45, 2.75) is 33.3 Å². The fourth-order valence-corrected chi connectivity index (χ4v) is 1.54. The maximum absolute atomic E-state index is 11.7. The third-order valence-corrected chi connectivity index (χ3v) is 3.13. The Balaban J connectivity index is 2.66. The highest BCUT2D eigenvalue weighted by Gasteiger charge is 2.15. The van der Waals surface area contributed by atoms with Gasteiger partial charge >= 0.3 is 0 Å². The van der Waals surface area contributed by atoms with E-state index in [4.69, 9.17) is 11.6 Å². The largest absolute Gasteiger partial charge is 0.392 e. The van der Waals surface area contributed by atoms with E-state index in [0.717, 1.165) is 5.56 Å². The number of anilines is 1. The topological polar surface area (TPSA) is 49.3 Å². The number of aliphatic hydroxyl groups excluding tert-OH is 1. The molecule has 0 saturated carbocycles. The molecule has 1 aromatic carbocycles. The molecule has 2 N–H and O–H groups in total. The van der Waals surface area contributed by atoms with Crippen molar-refractivity contribution in [3.8, 4) is 0 Å². The minimum absolute atomic E-state index is 0.0636. The Morgan fingerprint density at radius 1 is 1.47 bits per heavy atom. The highest BCUT2D eigenvalue weighted by molar-refractivity contribution is 6.34. The molecule has 1 unspecified atom stereocenters. The minimum Gasteiger partial charge on any atom is -0.392 e. The van der Waals surface area contributed by atoms with Crippen LogP contribution in [0.15, 0.2) is 18.2 Å². The first-order valence-corrected chi connectivity index (χ1v) is 6.02.